The van der Waals surface area contributed by atoms with Gasteiger partial charge in [0.15, 0.2) is 0 Å². The van der Waals surface area contributed by atoms with Gasteiger partial charge in [0.2, 0.25) is 0 Å². The molecule has 1 aliphatic rings. The fraction of sp³-hybridized carbons (Fsp3) is 0.368. The van der Waals surface area contributed by atoms with Crippen molar-refractivity contribution in [1.29, 1.82) is 0 Å². The van der Waals surface area contributed by atoms with Gasteiger partial charge in [0.1, 0.15) is 16.5 Å². The fourth-order valence-electron chi connectivity index (χ4n) is 3.28. The third-order valence-electron chi connectivity index (χ3n) is 4.51. The van der Waals surface area contributed by atoms with Crippen LogP contribution >= 0.6 is 11.3 Å². The first-order valence-electron chi connectivity index (χ1n) is 8.29. The zero-order valence-corrected chi connectivity index (χ0v) is 14.5. The second-order valence-electron chi connectivity index (χ2n) is 6.35. The summed E-state index contributed by atoms with van der Waals surface area (Å²) in [6.07, 6.45) is 4.95. The molecular formula is C19H21N3S. The van der Waals surface area contributed by atoms with Gasteiger partial charge in [-0.2, -0.15) is 0 Å². The van der Waals surface area contributed by atoms with Crippen molar-refractivity contribution in [1.82, 2.24) is 9.97 Å². The summed E-state index contributed by atoms with van der Waals surface area (Å²) in [5, 5.41) is 4.82. The summed E-state index contributed by atoms with van der Waals surface area (Å²) in [7, 11) is 0. The summed E-state index contributed by atoms with van der Waals surface area (Å²) >= 11 is 1.86. The molecule has 0 spiro atoms. The summed E-state index contributed by atoms with van der Waals surface area (Å²) in [6, 6.07) is 8.67. The third kappa shape index (κ3) is 2.83. The van der Waals surface area contributed by atoms with Crippen molar-refractivity contribution in [3.8, 4) is 0 Å². The molecule has 1 N–H and O–H groups in total. The van der Waals surface area contributed by atoms with Crippen molar-refractivity contribution >= 4 is 27.4 Å². The number of aromatic nitrogens is 2. The summed E-state index contributed by atoms with van der Waals surface area (Å²) in [5.74, 6) is 1.86. The highest BCUT2D eigenvalue weighted by molar-refractivity contribution is 7.19. The topological polar surface area (TPSA) is 37.8 Å². The minimum Gasteiger partial charge on any atom is -0.365 e. The number of rotatable bonds is 3. The van der Waals surface area contributed by atoms with Gasteiger partial charge in [-0.05, 0) is 50.7 Å². The molecule has 3 nitrogen and oxygen atoms in total. The largest absolute Gasteiger partial charge is 0.365 e. The van der Waals surface area contributed by atoms with Crippen LogP contribution in [0.5, 0.6) is 0 Å². The molecule has 2 heterocycles. The van der Waals surface area contributed by atoms with Crippen molar-refractivity contribution in [3.63, 3.8) is 0 Å². The summed E-state index contributed by atoms with van der Waals surface area (Å²) in [6.45, 7) is 4.90. The number of aryl methyl sites for hydroxylation is 4. The highest BCUT2D eigenvalue weighted by atomic mass is 32.1. The van der Waals surface area contributed by atoms with E-state index < -0.39 is 0 Å². The van der Waals surface area contributed by atoms with E-state index in [2.05, 4.69) is 41.5 Å². The normalized spacial score (nSPS) is 14.0. The molecule has 1 aromatic carbocycles. The maximum atomic E-state index is 4.70. The lowest BCUT2D eigenvalue weighted by molar-refractivity contribution is 0.700. The predicted octanol–water partition coefficient (Wildman–Crippen LogP) is 4.80. The number of hydrogen-bond donors (Lipinski definition) is 1. The quantitative estimate of drug-likeness (QED) is 0.752. The molecule has 0 atom stereocenters. The van der Waals surface area contributed by atoms with Gasteiger partial charge in [0.25, 0.3) is 0 Å². The van der Waals surface area contributed by atoms with E-state index in [4.69, 9.17) is 4.98 Å². The molecule has 23 heavy (non-hydrogen) atoms. The smallest absolute Gasteiger partial charge is 0.139 e. The molecule has 0 amide bonds. The Bertz CT molecular complexity index is 849. The molecule has 3 aromatic rings. The molecule has 0 radical (unpaired) electrons. The van der Waals surface area contributed by atoms with Crippen LogP contribution < -0.4 is 5.32 Å². The minimum atomic E-state index is 0.802. The molecule has 0 unspecified atom stereocenters. The van der Waals surface area contributed by atoms with E-state index in [-0.39, 0.29) is 0 Å². The summed E-state index contributed by atoms with van der Waals surface area (Å²) in [4.78, 5) is 12.0. The van der Waals surface area contributed by atoms with E-state index in [0.717, 1.165) is 23.0 Å². The van der Waals surface area contributed by atoms with E-state index in [1.807, 2.05) is 18.3 Å². The first-order chi connectivity index (χ1) is 11.2. The van der Waals surface area contributed by atoms with Crippen LogP contribution in [0.25, 0.3) is 10.2 Å². The molecule has 1 aliphatic carbocycles. The van der Waals surface area contributed by atoms with Gasteiger partial charge < -0.3 is 5.32 Å². The number of thiophene rings is 1. The van der Waals surface area contributed by atoms with Crippen molar-refractivity contribution in [2.45, 2.75) is 46.1 Å². The van der Waals surface area contributed by atoms with Crippen LogP contribution in [0.4, 0.5) is 5.82 Å². The Labute approximate surface area is 140 Å². The lowest BCUT2D eigenvalue weighted by Crippen LogP contribution is -2.05. The molecule has 0 fully saturated rings. The molecule has 0 saturated heterocycles. The van der Waals surface area contributed by atoms with Gasteiger partial charge in [-0.15, -0.1) is 11.3 Å². The van der Waals surface area contributed by atoms with Crippen LogP contribution in [0.3, 0.4) is 0 Å². The number of nitrogens with zero attached hydrogens (tertiary/aromatic N) is 2. The molecule has 4 heteroatoms. The first-order valence-corrected chi connectivity index (χ1v) is 9.10. The van der Waals surface area contributed by atoms with Crippen molar-refractivity contribution in [2.75, 3.05) is 5.32 Å². The van der Waals surface area contributed by atoms with Gasteiger partial charge in [0, 0.05) is 11.4 Å². The van der Waals surface area contributed by atoms with Crippen LogP contribution in [0, 0.1) is 13.8 Å². The van der Waals surface area contributed by atoms with Crippen molar-refractivity contribution in [3.05, 3.63) is 51.7 Å². The average Bonchev–Trinajstić information content (AvgIpc) is 2.92. The van der Waals surface area contributed by atoms with Crippen molar-refractivity contribution < 1.29 is 0 Å². The van der Waals surface area contributed by atoms with Gasteiger partial charge in [-0.3, -0.25) is 0 Å². The monoisotopic (exact) mass is 323 g/mol. The van der Waals surface area contributed by atoms with Gasteiger partial charge >= 0.3 is 0 Å². The maximum absolute atomic E-state index is 4.70. The van der Waals surface area contributed by atoms with E-state index in [9.17, 15) is 0 Å². The van der Waals surface area contributed by atoms with Gasteiger partial charge in [-0.25, -0.2) is 9.97 Å². The predicted molar refractivity (Wildman–Crippen MR) is 97.3 cm³/mol. The second kappa shape index (κ2) is 5.93. The van der Waals surface area contributed by atoms with E-state index in [1.54, 1.807) is 0 Å². The zero-order valence-electron chi connectivity index (χ0n) is 13.6. The highest BCUT2D eigenvalue weighted by Gasteiger charge is 2.20. The molecular weight excluding hydrogens is 302 g/mol. The third-order valence-corrected chi connectivity index (χ3v) is 5.69. The number of benzene rings is 1. The Morgan fingerprint density at radius 1 is 1.04 bits per heavy atom. The molecule has 0 aliphatic heterocycles. The Balaban J connectivity index is 1.70. The lowest BCUT2D eigenvalue weighted by Gasteiger charge is -2.13. The van der Waals surface area contributed by atoms with Crippen LogP contribution in [0.15, 0.2) is 24.3 Å². The second-order valence-corrected chi connectivity index (χ2v) is 7.43. The molecule has 118 valence electrons. The minimum absolute atomic E-state index is 0.802. The van der Waals surface area contributed by atoms with Gasteiger partial charge in [0.05, 0.1) is 5.39 Å². The van der Waals surface area contributed by atoms with Gasteiger partial charge in [-0.1, -0.05) is 29.8 Å². The number of hydrogen-bond acceptors (Lipinski definition) is 4. The molecule has 4 rings (SSSR count). The summed E-state index contributed by atoms with van der Waals surface area (Å²) in [5.41, 5.74) is 4.06. The Morgan fingerprint density at radius 3 is 2.65 bits per heavy atom. The Hall–Kier alpha value is -1.94. The standard InChI is InChI=1S/C19H21N3S/c1-12-7-9-14(10-8-12)11-20-18-17-15-5-3-4-6-16(15)23-19(17)22-13(2)21-18/h7-10H,3-6,11H2,1-2H3,(H,20,21,22). The van der Waals surface area contributed by atoms with Crippen LogP contribution in [-0.2, 0) is 19.4 Å². The average molecular weight is 323 g/mol. The SMILES string of the molecule is Cc1ccc(CNc2nc(C)nc3sc4c(c23)CCCC4)cc1. The number of anilines is 1. The highest BCUT2D eigenvalue weighted by Crippen LogP contribution is 2.38. The maximum Gasteiger partial charge on any atom is 0.139 e. The number of fused-ring (bicyclic) bond motifs is 3. The van der Waals surface area contributed by atoms with Crippen LogP contribution in [0.2, 0.25) is 0 Å². The van der Waals surface area contributed by atoms with E-state index in [1.165, 1.54) is 52.6 Å². The van der Waals surface area contributed by atoms with E-state index >= 15 is 0 Å². The fourth-order valence-corrected chi connectivity index (χ4v) is 4.59. The number of nitrogens with one attached hydrogen (secondary N) is 1. The first kappa shape index (κ1) is 14.6. The lowest BCUT2D eigenvalue weighted by atomic mass is 9.97. The molecule has 0 bridgehead atoms. The van der Waals surface area contributed by atoms with E-state index in [0.29, 0.717) is 0 Å². The molecule has 0 saturated carbocycles. The van der Waals surface area contributed by atoms with Crippen molar-refractivity contribution in [2.24, 2.45) is 0 Å². The Morgan fingerprint density at radius 2 is 1.83 bits per heavy atom. The molecule has 2 aromatic heterocycles. The zero-order chi connectivity index (χ0) is 15.8. The van der Waals surface area contributed by atoms with Crippen LogP contribution in [-0.4, -0.2) is 9.97 Å². The Kier molecular flexibility index (Phi) is 3.77. The summed E-state index contributed by atoms with van der Waals surface area (Å²) < 4.78 is 0. The van der Waals surface area contributed by atoms with Crippen LogP contribution in [0.1, 0.15) is 40.2 Å².